The molecule has 0 aliphatic rings. The molecule has 0 saturated heterocycles. The van der Waals surface area contributed by atoms with E-state index < -0.39 is 0 Å². The highest BCUT2D eigenvalue weighted by Gasteiger charge is 2.15. The van der Waals surface area contributed by atoms with Gasteiger partial charge in [-0.05, 0) is 57.3 Å². The van der Waals surface area contributed by atoms with Crippen molar-refractivity contribution in [2.75, 3.05) is 6.61 Å². The first-order valence-electron chi connectivity index (χ1n) is 27.9. The Kier molecular flexibility index (Phi) is 49.7. The Balaban J connectivity index is 4.08. The molecule has 0 aromatic rings. The zero-order chi connectivity index (χ0) is 43.7. The van der Waals surface area contributed by atoms with Crippen molar-refractivity contribution in [1.29, 1.82) is 0 Å². The molecule has 0 fully saturated rings. The van der Waals surface area contributed by atoms with Gasteiger partial charge < -0.3 is 9.47 Å². The van der Waals surface area contributed by atoms with Crippen molar-refractivity contribution in [3.8, 4) is 0 Å². The van der Waals surface area contributed by atoms with E-state index in [4.69, 9.17) is 9.47 Å². The van der Waals surface area contributed by atoms with E-state index in [0.717, 1.165) is 44.9 Å². The smallest absolute Gasteiger partial charge is 0.306 e. The van der Waals surface area contributed by atoms with Crippen LogP contribution in [0.1, 0.15) is 329 Å². The van der Waals surface area contributed by atoms with Crippen LogP contribution in [-0.4, -0.2) is 24.6 Å². The average molecular weight is 847 g/mol. The highest BCUT2D eigenvalue weighted by Crippen LogP contribution is 2.22. The molecule has 0 amide bonds. The first-order valence-corrected chi connectivity index (χ1v) is 27.9. The van der Waals surface area contributed by atoms with Crippen LogP contribution >= 0.6 is 0 Å². The summed E-state index contributed by atoms with van der Waals surface area (Å²) in [6, 6.07) is 0. The van der Waals surface area contributed by atoms with Crippen LogP contribution in [-0.2, 0) is 19.1 Å². The predicted octanol–water partition coefficient (Wildman–Crippen LogP) is 19.5. The molecule has 0 heterocycles. The lowest BCUT2D eigenvalue weighted by Crippen LogP contribution is -2.18. The number of rotatable bonds is 51. The van der Waals surface area contributed by atoms with Gasteiger partial charge in [0.25, 0.3) is 0 Å². The van der Waals surface area contributed by atoms with Crippen LogP contribution < -0.4 is 0 Å². The van der Waals surface area contributed by atoms with Crippen LogP contribution in [0.3, 0.4) is 0 Å². The summed E-state index contributed by atoms with van der Waals surface area (Å²) in [4.78, 5) is 25.4. The van der Waals surface area contributed by atoms with Gasteiger partial charge in [0, 0.05) is 12.8 Å². The van der Waals surface area contributed by atoms with E-state index >= 15 is 0 Å². The minimum Gasteiger partial charge on any atom is -0.465 e. The molecule has 0 spiro atoms. The molecule has 0 aromatic carbocycles. The van der Waals surface area contributed by atoms with E-state index in [2.05, 4.69) is 27.7 Å². The van der Waals surface area contributed by atoms with Gasteiger partial charge in [-0.1, -0.05) is 265 Å². The minimum absolute atomic E-state index is 0.0265. The van der Waals surface area contributed by atoms with Gasteiger partial charge in [-0.3, -0.25) is 9.59 Å². The number of ether oxygens (including phenoxy) is 2. The summed E-state index contributed by atoms with van der Waals surface area (Å²) in [5.74, 6) is 0.617. The van der Waals surface area contributed by atoms with Gasteiger partial charge in [-0.25, -0.2) is 0 Å². The summed E-state index contributed by atoms with van der Waals surface area (Å²) in [6.07, 6.45) is 59.3. The summed E-state index contributed by atoms with van der Waals surface area (Å²) < 4.78 is 11.9. The third-order valence-corrected chi connectivity index (χ3v) is 13.2. The second-order valence-corrected chi connectivity index (χ2v) is 19.4. The molecule has 0 rings (SSSR count). The molecule has 0 N–H and O–H groups in total. The van der Waals surface area contributed by atoms with Crippen molar-refractivity contribution in [3.63, 3.8) is 0 Å². The molecule has 358 valence electrons. The Morgan fingerprint density at radius 2 is 0.550 bits per heavy atom. The topological polar surface area (TPSA) is 52.6 Å². The zero-order valence-electron chi connectivity index (χ0n) is 41.7. The van der Waals surface area contributed by atoms with Gasteiger partial charge in [0.05, 0.1) is 6.61 Å². The molecule has 0 radical (unpaired) electrons. The lowest BCUT2D eigenvalue weighted by atomic mass is 9.94. The van der Waals surface area contributed by atoms with Gasteiger partial charge in [0.2, 0.25) is 0 Å². The van der Waals surface area contributed by atoms with Crippen LogP contribution in [0.4, 0.5) is 0 Å². The van der Waals surface area contributed by atoms with Gasteiger partial charge >= 0.3 is 11.9 Å². The number of hydrogen-bond acceptors (Lipinski definition) is 4. The number of esters is 2. The average Bonchev–Trinajstić information content (AvgIpc) is 3.25. The van der Waals surface area contributed by atoms with Crippen LogP contribution in [0.15, 0.2) is 0 Å². The monoisotopic (exact) mass is 847 g/mol. The molecule has 4 nitrogen and oxygen atoms in total. The van der Waals surface area contributed by atoms with E-state index in [9.17, 15) is 9.59 Å². The molecule has 0 unspecified atom stereocenters. The Morgan fingerprint density at radius 1 is 0.300 bits per heavy atom. The van der Waals surface area contributed by atoms with Gasteiger partial charge in [0.15, 0.2) is 0 Å². The normalized spacial score (nSPS) is 12.5. The van der Waals surface area contributed by atoms with Crippen LogP contribution in [0.25, 0.3) is 0 Å². The van der Waals surface area contributed by atoms with Crippen molar-refractivity contribution < 1.29 is 19.1 Å². The van der Waals surface area contributed by atoms with Crippen molar-refractivity contribution in [2.24, 2.45) is 5.92 Å². The molecule has 4 heteroatoms. The third-order valence-electron chi connectivity index (χ3n) is 13.2. The third kappa shape index (κ3) is 46.4. The predicted molar refractivity (Wildman–Crippen MR) is 264 cm³/mol. The Hall–Kier alpha value is -1.06. The number of carbonyl (C=O) groups is 2. The second kappa shape index (κ2) is 50.6. The molecule has 0 saturated carbocycles. The van der Waals surface area contributed by atoms with E-state index in [1.54, 1.807) is 0 Å². The molecular weight excluding hydrogens is 737 g/mol. The molecule has 60 heavy (non-hydrogen) atoms. The van der Waals surface area contributed by atoms with Crippen molar-refractivity contribution in [3.05, 3.63) is 0 Å². The number of unbranched alkanes of at least 4 members (excludes halogenated alkanes) is 36. The van der Waals surface area contributed by atoms with Gasteiger partial charge in [-0.2, -0.15) is 0 Å². The van der Waals surface area contributed by atoms with Crippen molar-refractivity contribution in [1.82, 2.24) is 0 Å². The molecule has 2 atom stereocenters. The maximum absolute atomic E-state index is 12.8. The summed E-state index contributed by atoms with van der Waals surface area (Å²) in [6.45, 7) is 9.76. The fourth-order valence-corrected chi connectivity index (χ4v) is 9.02. The minimum atomic E-state index is 0.0265. The fraction of sp³-hybridized carbons (Fsp3) is 0.964. The summed E-state index contributed by atoms with van der Waals surface area (Å²) in [7, 11) is 0. The summed E-state index contributed by atoms with van der Waals surface area (Å²) in [5.41, 5.74) is 0. The standard InChI is InChI=1S/C56H110O4/c1-5-9-13-17-20-22-23-24-25-26-27-28-34-39-45-51-56(58)60-54(48-42-16-12-8-4)49-43-37-32-29-30-33-38-44-50-55(57)59-52-53(46-40-35-19-15-11-7-3)47-41-36-31-21-18-14-10-6-2/h53-54H,5-52H2,1-4H3/t53-,54-/m0/s1. The zero-order valence-corrected chi connectivity index (χ0v) is 41.7. The van der Waals surface area contributed by atoms with Gasteiger partial charge in [-0.15, -0.1) is 0 Å². The van der Waals surface area contributed by atoms with E-state index in [1.807, 2.05) is 0 Å². The summed E-state index contributed by atoms with van der Waals surface area (Å²) in [5, 5.41) is 0. The van der Waals surface area contributed by atoms with Crippen molar-refractivity contribution in [2.45, 2.75) is 336 Å². The van der Waals surface area contributed by atoms with E-state index in [0.29, 0.717) is 25.4 Å². The molecule has 0 aliphatic heterocycles. The molecule has 0 bridgehead atoms. The number of hydrogen-bond donors (Lipinski definition) is 0. The summed E-state index contributed by atoms with van der Waals surface area (Å²) >= 11 is 0. The maximum Gasteiger partial charge on any atom is 0.306 e. The van der Waals surface area contributed by atoms with Crippen LogP contribution in [0, 0.1) is 5.92 Å². The Bertz CT molecular complexity index is 841. The molecular formula is C56H110O4. The molecule has 0 aromatic heterocycles. The lowest BCUT2D eigenvalue weighted by Gasteiger charge is -2.18. The van der Waals surface area contributed by atoms with E-state index in [1.165, 1.54) is 244 Å². The highest BCUT2D eigenvalue weighted by molar-refractivity contribution is 5.69. The Morgan fingerprint density at radius 3 is 0.883 bits per heavy atom. The largest absolute Gasteiger partial charge is 0.465 e. The highest BCUT2D eigenvalue weighted by atomic mass is 16.5. The quantitative estimate of drug-likeness (QED) is 0.0452. The fourth-order valence-electron chi connectivity index (χ4n) is 9.02. The first kappa shape index (κ1) is 58.9. The lowest BCUT2D eigenvalue weighted by molar-refractivity contribution is -0.150. The maximum atomic E-state index is 12.8. The van der Waals surface area contributed by atoms with Crippen molar-refractivity contribution >= 4 is 11.9 Å². The number of carbonyl (C=O) groups excluding carboxylic acids is 2. The van der Waals surface area contributed by atoms with Gasteiger partial charge in [0.1, 0.15) is 6.10 Å². The van der Waals surface area contributed by atoms with E-state index in [-0.39, 0.29) is 18.0 Å². The Labute approximate surface area is 377 Å². The van der Waals surface area contributed by atoms with Crippen LogP contribution in [0.5, 0.6) is 0 Å². The van der Waals surface area contributed by atoms with Crippen LogP contribution in [0.2, 0.25) is 0 Å². The molecule has 0 aliphatic carbocycles. The second-order valence-electron chi connectivity index (χ2n) is 19.4. The SMILES string of the molecule is CCCCCCCCCCCCCCCCCC(=O)O[C@@H](CCCCCC)CCCCCCCCCCC(=O)OC[C@@H](CCCCCCCC)CCCCCCCCCC. The first-order chi connectivity index (χ1) is 29.6.